The molecule has 2 aromatic carbocycles. The molecular weight excluding hydrogens is 238 g/mol. The molecule has 0 fully saturated rings. The van der Waals surface area contributed by atoms with Crippen LogP contribution < -0.4 is 10.5 Å². The van der Waals surface area contributed by atoms with Gasteiger partial charge in [0.05, 0.1) is 7.11 Å². The number of hydrogen-bond acceptors (Lipinski definition) is 3. The maximum atomic E-state index is 9.24. The molecule has 3 heteroatoms. The fraction of sp³-hybridized carbons (Fsp3) is 0.250. The van der Waals surface area contributed by atoms with Gasteiger partial charge in [0.2, 0.25) is 0 Å². The van der Waals surface area contributed by atoms with Crippen molar-refractivity contribution in [3.05, 3.63) is 59.7 Å². The van der Waals surface area contributed by atoms with Crippen LogP contribution in [0.15, 0.2) is 48.5 Å². The van der Waals surface area contributed by atoms with Crippen LogP contribution in [0.2, 0.25) is 0 Å². The van der Waals surface area contributed by atoms with Crippen LogP contribution in [0.3, 0.4) is 0 Å². The summed E-state index contributed by atoms with van der Waals surface area (Å²) < 4.78 is 5.20. The maximum Gasteiger partial charge on any atom is 0.119 e. The highest BCUT2D eigenvalue weighted by molar-refractivity contribution is 5.30. The number of hydrogen-bond donors (Lipinski definition) is 2. The lowest BCUT2D eigenvalue weighted by Gasteiger charge is -2.12. The van der Waals surface area contributed by atoms with Crippen molar-refractivity contribution in [1.29, 1.82) is 0 Å². The highest BCUT2D eigenvalue weighted by atomic mass is 16.5. The van der Waals surface area contributed by atoms with Crippen molar-refractivity contribution in [2.24, 2.45) is 5.73 Å². The van der Waals surface area contributed by atoms with E-state index in [1.807, 2.05) is 30.3 Å². The molecule has 3 nitrogen and oxygen atoms in total. The number of benzene rings is 2. The van der Waals surface area contributed by atoms with E-state index in [1.165, 1.54) is 5.56 Å². The van der Waals surface area contributed by atoms with Crippen LogP contribution in [0.5, 0.6) is 11.5 Å². The standard InChI is InChI=1S/C16H19NO2/c1-19-16-4-2-3-13(11-16)10-14(17)9-12-5-7-15(18)8-6-12/h2-8,11,14,18H,9-10,17H2,1H3. The van der Waals surface area contributed by atoms with E-state index >= 15 is 0 Å². The Morgan fingerprint density at radius 2 is 1.74 bits per heavy atom. The smallest absolute Gasteiger partial charge is 0.119 e. The molecular formula is C16H19NO2. The molecule has 0 aliphatic heterocycles. The minimum absolute atomic E-state index is 0.0525. The molecule has 0 aliphatic carbocycles. The lowest BCUT2D eigenvalue weighted by molar-refractivity contribution is 0.414. The molecule has 0 bridgehead atoms. The molecule has 0 saturated carbocycles. The predicted molar refractivity (Wildman–Crippen MR) is 76.5 cm³/mol. The molecule has 0 aromatic heterocycles. The van der Waals surface area contributed by atoms with E-state index in [4.69, 9.17) is 10.5 Å². The molecule has 3 N–H and O–H groups in total. The lowest BCUT2D eigenvalue weighted by Crippen LogP contribution is -2.25. The van der Waals surface area contributed by atoms with Crippen LogP contribution >= 0.6 is 0 Å². The van der Waals surface area contributed by atoms with Gasteiger partial charge in [-0.15, -0.1) is 0 Å². The molecule has 2 aromatic rings. The number of methoxy groups -OCH3 is 1. The Balaban J connectivity index is 1.96. The second kappa shape index (κ2) is 6.25. The molecule has 2 rings (SSSR count). The average molecular weight is 257 g/mol. The predicted octanol–water partition coefficient (Wildman–Crippen LogP) is 2.51. The first-order valence-corrected chi connectivity index (χ1v) is 6.34. The van der Waals surface area contributed by atoms with Crippen LogP contribution in [0.4, 0.5) is 0 Å². The first-order chi connectivity index (χ1) is 9.17. The number of aromatic hydroxyl groups is 1. The van der Waals surface area contributed by atoms with Gasteiger partial charge in [0, 0.05) is 6.04 Å². The van der Waals surface area contributed by atoms with Crippen LogP contribution in [-0.2, 0) is 12.8 Å². The molecule has 1 unspecified atom stereocenters. The van der Waals surface area contributed by atoms with Crippen molar-refractivity contribution >= 4 is 0 Å². The number of nitrogens with two attached hydrogens (primary N) is 1. The number of phenolic OH excluding ortho intramolecular Hbond substituents is 1. The Labute approximate surface area is 113 Å². The monoisotopic (exact) mass is 257 g/mol. The molecule has 0 spiro atoms. The van der Waals surface area contributed by atoms with E-state index < -0.39 is 0 Å². The first-order valence-electron chi connectivity index (χ1n) is 6.34. The largest absolute Gasteiger partial charge is 0.508 e. The minimum Gasteiger partial charge on any atom is -0.508 e. The third-order valence-electron chi connectivity index (χ3n) is 3.07. The minimum atomic E-state index is 0.0525. The Bertz CT molecular complexity index is 523. The molecule has 19 heavy (non-hydrogen) atoms. The lowest BCUT2D eigenvalue weighted by atomic mass is 9.99. The van der Waals surface area contributed by atoms with Gasteiger partial charge in [0.25, 0.3) is 0 Å². The zero-order valence-electron chi connectivity index (χ0n) is 11.0. The summed E-state index contributed by atoms with van der Waals surface area (Å²) in [6.45, 7) is 0. The van der Waals surface area contributed by atoms with Gasteiger partial charge in [0.15, 0.2) is 0 Å². The molecule has 0 heterocycles. The average Bonchev–Trinajstić information content (AvgIpc) is 2.41. The summed E-state index contributed by atoms with van der Waals surface area (Å²) in [6, 6.07) is 15.2. The Morgan fingerprint density at radius 3 is 2.42 bits per heavy atom. The fourth-order valence-corrected chi connectivity index (χ4v) is 2.11. The molecule has 0 amide bonds. The third kappa shape index (κ3) is 4.00. The van der Waals surface area contributed by atoms with E-state index in [-0.39, 0.29) is 11.8 Å². The van der Waals surface area contributed by atoms with Crippen molar-refractivity contribution in [2.75, 3.05) is 7.11 Å². The van der Waals surface area contributed by atoms with E-state index in [0.717, 1.165) is 24.2 Å². The summed E-state index contributed by atoms with van der Waals surface area (Å²) in [5.74, 6) is 1.14. The van der Waals surface area contributed by atoms with Gasteiger partial charge in [0.1, 0.15) is 11.5 Å². The van der Waals surface area contributed by atoms with Gasteiger partial charge in [-0.25, -0.2) is 0 Å². The molecule has 100 valence electrons. The second-order valence-corrected chi connectivity index (χ2v) is 4.69. The normalized spacial score (nSPS) is 12.1. The highest BCUT2D eigenvalue weighted by Gasteiger charge is 2.06. The van der Waals surface area contributed by atoms with Crippen LogP contribution in [-0.4, -0.2) is 18.3 Å². The quantitative estimate of drug-likeness (QED) is 0.865. The van der Waals surface area contributed by atoms with E-state index in [0.29, 0.717) is 0 Å². The summed E-state index contributed by atoms with van der Waals surface area (Å²) in [7, 11) is 1.66. The summed E-state index contributed by atoms with van der Waals surface area (Å²) in [5.41, 5.74) is 8.47. The van der Waals surface area contributed by atoms with E-state index in [9.17, 15) is 5.11 Å². The van der Waals surface area contributed by atoms with Crippen molar-refractivity contribution in [3.63, 3.8) is 0 Å². The topological polar surface area (TPSA) is 55.5 Å². The first kappa shape index (κ1) is 13.4. The van der Waals surface area contributed by atoms with Crippen molar-refractivity contribution in [2.45, 2.75) is 18.9 Å². The Hall–Kier alpha value is -2.00. The number of phenols is 1. The summed E-state index contributed by atoms with van der Waals surface area (Å²) in [4.78, 5) is 0. The van der Waals surface area contributed by atoms with Crippen LogP contribution in [0.25, 0.3) is 0 Å². The molecule has 0 radical (unpaired) electrons. The van der Waals surface area contributed by atoms with Gasteiger partial charge < -0.3 is 15.6 Å². The molecule has 1 atom stereocenters. The molecule has 0 aliphatic rings. The van der Waals surface area contributed by atoms with Gasteiger partial charge in [-0.05, 0) is 48.2 Å². The number of ether oxygens (including phenoxy) is 1. The zero-order chi connectivity index (χ0) is 13.7. The van der Waals surface area contributed by atoms with E-state index in [2.05, 4.69) is 6.07 Å². The SMILES string of the molecule is COc1cccc(CC(N)Cc2ccc(O)cc2)c1. The van der Waals surface area contributed by atoms with Crippen molar-refractivity contribution < 1.29 is 9.84 Å². The van der Waals surface area contributed by atoms with E-state index in [1.54, 1.807) is 19.2 Å². The van der Waals surface area contributed by atoms with Crippen LogP contribution in [0, 0.1) is 0 Å². The maximum absolute atomic E-state index is 9.24. The zero-order valence-corrected chi connectivity index (χ0v) is 11.0. The fourth-order valence-electron chi connectivity index (χ4n) is 2.11. The molecule has 0 saturated heterocycles. The highest BCUT2D eigenvalue weighted by Crippen LogP contribution is 2.16. The summed E-state index contributed by atoms with van der Waals surface area (Å²) >= 11 is 0. The van der Waals surface area contributed by atoms with Crippen molar-refractivity contribution in [1.82, 2.24) is 0 Å². The van der Waals surface area contributed by atoms with Crippen LogP contribution in [0.1, 0.15) is 11.1 Å². The van der Waals surface area contributed by atoms with Gasteiger partial charge >= 0.3 is 0 Å². The third-order valence-corrected chi connectivity index (χ3v) is 3.07. The Kier molecular flexibility index (Phi) is 4.42. The van der Waals surface area contributed by atoms with Crippen molar-refractivity contribution in [3.8, 4) is 11.5 Å². The van der Waals surface area contributed by atoms with Gasteiger partial charge in [-0.1, -0.05) is 24.3 Å². The van der Waals surface area contributed by atoms with Gasteiger partial charge in [-0.3, -0.25) is 0 Å². The summed E-state index contributed by atoms with van der Waals surface area (Å²) in [5, 5.41) is 9.24. The second-order valence-electron chi connectivity index (χ2n) is 4.69. The summed E-state index contributed by atoms with van der Waals surface area (Å²) in [6.07, 6.45) is 1.59. The van der Waals surface area contributed by atoms with Gasteiger partial charge in [-0.2, -0.15) is 0 Å². The number of rotatable bonds is 5. The Morgan fingerprint density at radius 1 is 1.05 bits per heavy atom.